The van der Waals surface area contributed by atoms with Gasteiger partial charge in [0.1, 0.15) is 18.2 Å². The minimum atomic E-state index is -1.10. The monoisotopic (exact) mass is 240 g/mol. The third-order valence-corrected chi connectivity index (χ3v) is 2.37. The highest BCUT2D eigenvalue weighted by molar-refractivity contribution is 5.81. The van der Waals surface area contributed by atoms with Crippen molar-refractivity contribution >= 4 is 12.1 Å². The van der Waals surface area contributed by atoms with Crippen LogP contribution < -0.4 is 0 Å². The molecule has 1 fully saturated rings. The van der Waals surface area contributed by atoms with E-state index in [4.69, 9.17) is 16.4 Å². The fraction of sp³-hybridized carbons (Fsp3) is 0.727. The maximum Gasteiger partial charge on any atom is 0.411 e. The number of amides is 1. The molecule has 0 spiro atoms. The van der Waals surface area contributed by atoms with Gasteiger partial charge in [-0.15, -0.1) is 0 Å². The largest absolute Gasteiger partial charge is 0.480 e. The summed E-state index contributed by atoms with van der Waals surface area (Å²) in [5, 5.41) is 8.99. The van der Waals surface area contributed by atoms with Crippen LogP contribution in [0.1, 0.15) is 27.2 Å². The SMILES string of the molecule is [C-]#[N+][C@@H]1C[C@@H](C(=O)O)N(C(=O)OC(C)(C)C)C1. The number of likely N-dealkylation sites (tertiary alicyclic amines) is 1. The molecule has 0 aromatic heterocycles. The van der Waals surface area contributed by atoms with E-state index in [9.17, 15) is 9.59 Å². The number of aliphatic carboxylic acids is 1. The second-order valence-electron chi connectivity index (χ2n) is 5.01. The van der Waals surface area contributed by atoms with Crippen LogP contribution in [0, 0.1) is 6.57 Å². The fourth-order valence-corrected chi connectivity index (χ4v) is 1.66. The van der Waals surface area contributed by atoms with Crippen molar-refractivity contribution < 1.29 is 19.4 Å². The molecular weight excluding hydrogens is 224 g/mol. The highest BCUT2D eigenvalue weighted by Crippen LogP contribution is 2.23. The number of hydrogen-bond acceptors (Lipinski definition) is 3. The minimum absolute atomic E-state index is 0.120. The van der Waals surface area contributed by atoms with E-state index in [-0.39, 0.29) is 13.0 Å². The predicted molar refractivity (Wildman–Crippen MR) is 59.4 cm³/mol. The summed E-state index contributed by atoms with van der Waals surface area (Å²) in [7, 11) is 0. The molecule has 1 N–H and O–H groups in total. The fourth-order valence-electron chi connectivity index (χ4n) is 1.66. The highest BCUT2D eigenvalue weighted by Gasteiger charge is 2.44. The lowest BCUT2D eigenvalue weighted by molar-refractivity contribution is -0.142. The molecule has 0 aromatic rings. The molecule has 1 aliphatic heterocycles. The van der Waals surface area contributed by atoms with Crippen LogP contribution in [0.15, 0.2) is 0 Å². The summed E-state index contributed by atoms with van der Waals surface area (Å²) in [6.07, 6.45) is -0.506. The van der Waals surface area contributed by atoms with Gasteiger partial charge in [0.15, 0.2) is 0 Å². The number of hydrogen-bond donors (Lipinski definition) is 1. The van der Waals surface area contributed by atoms with Crippen molar-refractivity contribution in [1.29, 1.82) is 0 Å². The molecule has 0 saturated carbocycles. The van der Waals surface area contributed by atoms with Crippen molar-refractivity contribution in [3.8, 4) is 0 Å². The van der Waals surface area contributed by atoms with Crippen LogP contribution in [-0.4, -0.2) is 46.3 Å². The smallest absolute Gasteiger partial charge is 0.411 e. The number of ether oxygens (including phenoxy) is 1. The average Bonchev–Trinajstić information content (AvgIpc) is 2.58. The summed E-state index contributed by atoms with van der Waals surface area (Å²) in [5.74, 6) is -1.10. The molecule has 0 bridgehead atoms. The first-order valence-corrected chi connectivity index (χ1v) is 5.33. The number of rotatable bonds is 1. The first-order chi connectivity index (χ1) is 7.74. The summed E-state index contributed by atoms with van der Waals surface area (Å²) in [6, 6.07) is -1.41. The van der Waals surface area contributed by atoms with Crippen LogP contribution in [0.5, 0.6) is 0 Å². The van der Waals surface area contributed by atoms with Crippen LogP contribution in [-0.2, 0) is 9.53 Å². The molecule has 0 radical (unpaired) electrons. The Hall–Kier alpha value is -1.77. The molecule has 1 rings (SSSR count). The number of carbonyl (C=O) groups is 2. The first kappa shape index (κ1) is 13.3. The van der Waals surface area contributed by atoms with Gasteiger partial charge in [-0.05, 0) is 20.8 Å². The van der Waals surface area contributed by atoms with E-state index in [0.717, 1.165) is 4.90 Å². The zero-order valence-electron chi connectivity index (χ0n) is 10.1. The van der Waals surface area contributed by atoms with Gasteiger partial charge in [-0.2, -0.15) is 0 Å². The topological polar surface area (TPSA) is 71.2 Å². The lowest BCUT2D eigenvalue weighted by atomic mass is 10.2. The van der Waals surface area contributed by atoms with Crippen LogP contribution >= 0.6 is 0 Å². The molecule has 94 valence electrons. The number of carboxylic acid groups (broad SMARTS) is 1. The normalized spacial score (nSPS) is 24.2. The van der Waals surface area contributed by atoms with Crippen molar-refractivity contribution in [1.82, 2.24) is 4.90 Å². The molecule has 0 aliphatic carbocycles. The van der Waals surface area contributed by atoms with Crippen LogP contribution in [0.4, 0.5) is 4.79 Å². The molecule has 0 unspecified atom stereocenters. The van der Waals surface area contributed by atoms with Gasteiger partial charge >= 0.3 is 12.1 Å². The average molecular weight is 240 g/mol. The maximum absolute atomic E-state index is 11.8. The van der Waals surface area contributed by atoms with Crippen molar-refractivity contribution in [3.05, 3.63) is 11.4 Å². The molecule has 6 nitrogen and oxygen atoms in total. The number of carbonyl (C=O) groups excluding carboxylic acids is 1. The van der Waals surface area contributed by atoms with Crippen LogP contribution in [0.3, 0.4) is 0 Å². The van der Waals surface area contributed by atoms with Crippen molar-refractivity contribution in [2.24, 2.45) is 0 Å². The van der Waals surface area contributed by atoms with Gasteiger partial charge in [-0.1, -0.05) is 0 Å². The minimum Gasteiger partial charge on any atom is -0.480 e. The quantitative estimate of drug-likeness (QED) is 0.703. The van der Waals surface area contributed by atoms with E-state index in [2.05, 4.69) is 4.85 Å². The zero-order valence-corrected chi connectivity index (χ0v) is 10.1. The Morgan fingerprint density at radius 3 is 2.47 bits per heavy atom. The van der Waals surface area contributed by atoms with Gasteiger partial charge in [-0.25, -0.2) is 16.2 Å². The lowest BCUT2D eigenvalue weighted by Gasteiger charge is -2.26. The second kappa shape index (κ2) is 4.62. The molecule has 1 amide bonds. The van der Waals surface area contributed by atoms with E-state index in [1.165, 1.54) is 0 Å². The number of nitrogens with zero attached hydrogens (tertiary/aromatic N) is 2. The summed E-state index contributed by atoms with van der Waals surface area (Å²) < 4.78 is 5.12. The third kappa shape index (κ3) is 3.34. The summed E-state index contributed by atoms with van der Waals surface area (Å²) in [5.41, 5.74) is -0.670. The van der Waals surface area contributed by atoms with E-state index >= 15 is 0 Å². The Balaban J connectivity index is 2.78. The van der Waals surface area contributed by atoms with E-state index in [1.54, 1.807) is 20.8 Å². The van der Waals surface area contributed by atoms with Crippen LogP contribution in [0.25, 0.3) is 4.85 Å². The molecule has 0 aromatic carbocycles. The summed E-state index contributed by atoms with van der Waals surface area (Å²) in [6.45, 7) is 12.1. The molecular formula is C11H16N2O4. The van der Waals surface area contributed by atoms with E-state index in [0.29, 0.717) is 0 Å². The van der Waals surface area contributed by atoms with Crippen molar-refractivity contribution in [2.75, 3.05) is 6.54 Å². The Kier molecular flexibility index (Phi) is 3.61. The van der Waals surface area contributed by atoms with Gasteiger partial charge in [0.05, 0.1) is 6.42 Å². The summed E-state index contributed by atoms with van der Waals surface area (Å²) >= 11 is 0. The standard InChI is InChI=1S/C11H16N2O4/c1-11(2,3)17-10(16)13-6-7(12-4)5-8(13)9(14)15/h7-8H,5-6H2,1-3H3,(H,14,15)/t7-,8+/m1/s1. The van der Waals surface area contributed by atoms with Crippen molar-refractivity contribution in [3.63, 3.8) is 0 Å². The van der Waals surface area contributed by atoms with Crippen LogP contribution in [0.2, 0.25) is 0 Å². The Morgan fingerprint density at radius 1 is 1.47 bits per heavy atom. The molecule has 17 heavy (non-hydrogen) atoms. The van der Waals surface area contributed by atoms with Gasteiger partial charge in [-0.3, -0.25) is 4.90 Å². The predicted octanol–water partition coefficient (Wildman–Crippen LogP) is 1.37. The van der Waals surface area contributed by atoms with Gasteiger partial charge in [0.2, 0.25) is 6.04 Å². The highest BCUT2D eigenvalue weighted by atomic mass is 16.6. The van der Waals surface area contributed by atoms with Gasteiger partial charge < -0.3 is 14.7 Å². The van der Waals surface area contributed by atoms with Crippen molar-refractivity contribution in [2.45, 2.75) is 44.9 Å². The molecule has 6 heteroatoms. The summed E-state index contributed by atoms with van der Waals surface area (Å²) in [4.78, 5) is 27.2. The molecule has 1 aliphatic rings. The third-order valence-electron chi connectivity index (χ3n) is 2.37. The number of carboxylic acids is 1. The first-order valence-electron chi connectivity index (χ1n) is 5.33. The molecule has 1 heterocycles. The Morgan fingerprint density at radius 2 is 2.06 bits per heavy atom. The van der Waals surface area contributed by atoms with Gasteiger partial charge in [0.25, 0.3) is 0 Å². The molecule has 1 saturated heterocycles. The van der Waals surface area contributed by atoms with E-state index < -0.39 is 29.7 Å². The molecule has 2 atom stereocenters. The Labute approximate surface area is 100.0 Å². The maximum atomic E-state index is 11.8. The Bertz CT molecular complexity index is 367. The van der Waals surface area contributed by atoms with Gasteiger partial charge in [0, 0.05) is 0 Å². The zero-order chi connectivity index (χ0) is 13.2. The second-order valence-corrected chi connectivity index (χ2v) is 5.01. The van der Waals surface area contributed by atoms with E-state index in [1.807, 2.05) is 0 Å². The lowest BCUT2D eigenvalue weighted by Crippen LogP contribution is -2.43.